The van der Waals surface area contributed by atoms with Crippen molar-refractivity contribution < 1.29 is 9.90 Å². The van der Waals surface area contributed by atoms with Crippen LogP contribution in [-0.2, 0) is 0 Å². The molecule has 0 fully saturated rings. The van der Waals surface area contributed by atoms with Gasteiger partial charge in [0, 0.05) is 24.2 Å². The number of pyridine rings is 1. The molecule has 0 bridgehead atoms. The number of carboxylic acid groups (broad SMARTS) is 1. The summed E-state index contributed by atoms with van der Waals surface area (Å²) in [6.45, 7) is 1.76. The van der Waals surface area contributed by atoms with Crippen molar-refractivity contribution in [2.75, 3.05) is 0 Å². The molecule has 0 aliphatic carbocycles. The van der Waals surface area contributed by atoms with Gasteiger partial charge in [0.2, 0.25) is 0 Å². The molecular formula is C9H8N2O2. The first-order valence-electron chi connectivity index (χ1n) is 3.85. The number of carboxylic acids is 1. The fourth-order valence-electron chi connectivity index (χ4n) is 1.36. The van der Waals surface area contributed by atoms with E-state index in [1.807, 2.05) is 0 Å². The van der Waals surface area contributed by atoms with E-state index >= 15 is 0 Å². The lowest BCUT2D eigenvalue weighted by molar-refractivity contribution is 0.0696. The lowest BCUT2D eigenvalue weighted by Crippen LogP contribution is -2.01. The number of rotatable bonds is 1. The number of nitrogens with zero attached hydrogens (tertiary/aromatic N) is 2. The molecule has 2 rings (SSSR count). The molecule has 4 nitrogen and oxygen atoms in total. The molecule has 2 aromatic heterocycles. The molecule has 1 N–H and O–H groups in total. The Morgan fingerprint density at radius 2 is 2.31 bits per heavy atom. The van der Waals surface area contributed by atoms with Crippen molar-refractivity contribution in [1.29, 1.82) is 0 Å². The number of hydrogen-bond donors (Lipinski definition) is 1. The number of carbonyl (C=O) groups is 1. The Hall–Kier alpha value is -1.84. The van der Waals surface area contributed by atoms with E-state index in [0.29, 0.717) is 16.8 Å². The summed E-state index contributed by atoms with van der Waals surface area (Å²) in [4.78, 5) is 14.8. The second kappa shape index (κ2) is 2.58. The third-order valence-corrected chi connectivity index (χ3v) is 2.04. The van der Waals surface area contributed by atoms with Gasteiger partial charge in [0.05, 0.1) is 5.56 Å². The van der Waals surface area contributed by atoms with Crippen molar-refractivity contribution in [1.82, 2.24) is 9.38 Å². The Labute approximate surface area is 74.5 Å². The molecule has 2 heterocycles. The fourth-order valence-corrected chi connectivity index (χ4v) is 1.36. The van der Waals surface area contributed by atoms with Crippen molar-refractivity contribution in [2.45, 2.75) is 6.92 Å². The van der Waals surface area contributed by atoms with Gasteiger partial charge in [-0.15, -0.1) is 0 Å². The maximum absolute atomic E-state index is 10.8. The van der Waals surface area contributed by atoms with Gasteiger partial charge in [0.25, 0.3) is 0 Å². The molecule has 0 radical (unpaired) electrons. The van der Waals surface area contributed by atoms with Gasteiger partial charge in [-0.05, 0) is 13.0 Å². The second-order valence-electron chi connectivity index (χ2n) is 2.82. The summed E-state index contributed by atoms with van der Waals surface area (Å²) in [5.74, 6) is -0.914. The van der Waals surface area contributed by atoms with Crippen molar-refractivity contribution in [3.05, 3.63) is 35.8 Å². The average Bonchev–Trinajstić information content (AvgIpc) is 2.52. The molecule has 0 aromatic carbocycles. The summed E-state index contributed by atoms with van der Waals surface area (Å²) in [6.07, 6.45) is 5.13. The van der Waals surface area contributed by atoms with Crippen LogP contribution in [0, 0.1) is 6.92 Å². The van der Waals surface area contributed by atoms with Gasteiger partial charge >= 0.3 is 5.97 Å². The van der Waals surface area contributed by atoms with Crippen LogP contribution in [0.4, 0.5) is 0 Å². The number of hydrogen-bond acceptors (Lipinski definition) is 2. The van der Waals surface area contributed by atoms with Crippen LogP contribution in [-0.4, -0.2) is 20.5 Å². The smallest absolute Gasteiger partial charge is 0.336 e. The van der Waals surface area contributed by atoms with Gasteiger partial charge < -0.3 is 9.51 Å². The van der Waals surface area contributed by atoms with E-state index in [1.165, 1.54) is 0 Å². The van der Waals surface area contributed by atoms with Gasteiger partial charge in [-0.3, -0.25) is 0 Å². The van der Waals surface area contributed by atoms with Crippen LogP contribution in [0.5, 0.6) is 0 Å². The molecule has 0 spiro atoms. The standard InChI is InChI=1S/C9H8N2O2/c1-6-7(9(12)13)2-4-11-5-3-10-8(6)11/h2-5H,1H3,(H,12,13). The monoisotopic (exact) mass is 176 g/mol. The van der Waals surface area contributed by atoms with Crippen LogP contribution >= 0.6 is 0 Å². The maximum atomic E-state index is 10.8. The normalized spacial score (nSPS) is 10.5. The molecule has 0 unspecified atom stereocenters. The Morgan fingerprint density at radius 3 is 3.00 bits per heavy atom. The van der Waals surface area contributed by atoms with Gasteiger partial charge in [0.1, 0.15) is 5.65 Å². The number of aromatic nitrogens is 2. The first-order chi connectivity index (χ1) is 6.20. The predicted octanol–water partition coefficient (Wildman–Crippen LogP) is 1.34. The Bertz CT molecular complexity index is 473. The highest BCUT2D eigenvalue weighted by Crippen LogP contribution is 2.13. The zero-order valence-electron chi connectivity index (χ0n) is 7.06. The van der Waals surface area contributed by atoms with Crippen LogP contribution in [0.25, 0.3) is 5.65 Å². The minimum Gasteiger partial charge on any atom is -0.478 e. The molecular weight excluding hydrogens is 168 g/mol. The maximum Gasteiger partial charge on any atom is 0.336 e. The highest BCUT2D eigenvalue weighted by Gasteiger charge is 2.09. The van der Waals surface area contributed by atoms with Gasteiger partial charge in [-0.2, -0.15) is 0 Å². The van der Waals surface area contributed by atoms with E-state index in [1.54, 1.807) is 36.0 Å². The first-order valence-corrected chi connectivity index (χ1v) is 3.85. The van der Waals surface area contributed by atoms with Crippen LogP contribution < -0.4 is 0 Å². The largest absolute Gasteiger partial charge is 0.478 e. The number of imidazole rings is 1. The Balaban J connectivity index is 2.80. The molecule has 0 aliphatic rings. The molecule has 0 saturated carbocycles. The topological polar surface area (TPSA) is 54.6 Å². The van der Waals surface area contributed by atoms with Crippen LogP contribution in [0.15, 0.2) is 24.7 Å². The van der Waals surface area contributed by atoms with Gasteiger partial charge in [-0.1, -0.05) is 0 Å². The lowest BCUT2D eigenvalue weighted by atomic mass is 10.1. The Morgan fingerprint density at radius 1 is 1.54 bits per heavy atom. The molecule has 4 heteroatoms. The Kier molecular flexibility index (Phi) is 1.55. The predicted molar refractivity (Wildman–Crippen MR) is 46.9 cm³/mol. The van der Waals surface area contributed by atoms with Crippen molar-refractivity contribution in [3.63, 3.8) is 0 Å². The third-order valence-electron chi connectivity index (χ3n) is 2.04. The van der Waals surface area contributed by atoms with E-state index in [2.05, 4.69) is 4.98 Å². The third kappa shape index (κ3) is 1.07. The summed E-state index contributed by atoms with van der Waals surface area (Å²) in [5.41, 5.74) is 1.69. The number of aromatic carboxylic acids is 1. The fraction of sp³-hybridized carbons (Fsp3) is 0.111. The minimum absolute atomic E-state index is 0.304. The van der Waals surface area contributed by atoms with Crippen molar-refractivity contribution in [3.8, 4) is 0 Å². The second-order valence-corrected chi connectivity index (χ2v) is 2.82. The summed E-state index contributed by atoms with van der Waals surface area (Å²) < 4.78 is 1.79. The van der Waals surface area contributed by atoms with E-state index < -0.39 is 5.97 Å². The molecule has 0 saturated heterocycles. The highest BCUT2D eigenvalue weighted by molar-refractivity contribution is 5.91. The van der Waals surface area contributed by atoms with Crippen LogP contribution in [0.3, 0.4) is 0 Å². The molecule has 66 valence electrons. The van der Waals surface area contributed by atoms with E-state index in [0.717, 1.165) is 0 Å². The summed E-state index contributed by atoms with van der Waals surface area (Å²) in [7, 11) is 0. The quantitative estimate of drug-likeness (QED) is 0.713. The van der Waals surface area contributed by atoms with Crippen LogP contribution in [0.2, 0.25) is 0 Å². The van der Waals surface area contributed by atoms with Gasteiger partial charge in [0.15, 0.2) is 0 Å². The molecule has 13 heavy (non-hydrogen) atoms. The van der Waals surface area contributed by atoms with Crippen LogP contribution in [0.1, 0.15) is 15.9 Å². The van der Waals surface area contributed by atoms with Crippen molar-refractivity contribution >= 4 is 11.6 Å². The molecule has 0 aliphatic heterocycles. The van der Waals surface area contributed by atoms with Crippen molar-refractivity contribution in [2.24, 2.45) is 0 Å². The van der Waals surface area contributed by atoms with E-state index in [4.69, 9.17) is 5.11 Å². The first kappa shape index (κ1) is 7.79. The van der Waals surface area contributed by atoms with E-state index in [9.17, 15) is 4.79 Å². The average molecular weight is 176 g/mol. The summed E-state index contributed by atoms with van der Waals surface area (Å²) in [6, 6.07) is 1.58. The number of fused-ring (bicyclic) bond motifs is 1. The number of aryl methyl sites for hydroxylation is 1. The SMILES string of the molecule is Cc1c(C(=O)O)ccn2ccnc12. The minimum atomic E-state index is -0.914. The molecule has 0 amide bonds. The summed E-state index contributed by atoms with van der Waals surface area (Å²) in [5, 5.41) is 8.83. The van der Waals surface area contributed by atoms with Gasteiger partial charge in [-0.25, -0.2) is 9.78 Å². The molecule has 2 aromatic rings. The summed E-state index contributed by atoms with van der Waals surface area (Å²) >= 11 is 0. The lowest BCUT2D eigenvalue weighted by Gasteiger charge is -2.01. The highest BCUT2D eigenvalue weighted by atomic mass is 16.4. The van der Waals surface area contributed by atoms with E-state index in [-0.39, 0.29) is 0 Å². The zero-order valence-corrected chi connectivity index (χ0v) is 7.06. The molecule has 0 atom stereocenters. The zero-order chi connectivity index (χ0) is 9.42.